The third-order valence-corrected chi connectivity index (χ3v) is 3.35. The molecule has 2 aromatic rings. The van der Waals surface area contributed by atoms with E-state index >= 15 is 0 Å². The number of nitrogens with one attached hydrogen (secondary N) is 1. The first kappa shape index (κ1) is 10.5. The van der Waals surface area contributed by atoms with Gasteiger partial charge in [-0.25, -0.2) is 9.97 Å². The zero-order valence-corrected chi connectivity index (χ0v) is 10.4. The average Bonchev–Trinajstić information content (AvgIpc) is 2.75. The summed E-state index contributed by atoms with van der Waals surface area (Å²) in [5, 5.41) is 1.85. The zero-order chi connectivity index (χ0) is 10.8. The molecule has 2 heterocycles. The van der Waals surface area contributed by atoms with Crippen molar-refractivity contribution in [2.24, 2.45) is 0 Å². The quantitative estimate of drug-likeness (QED) is 0.920. The molecule has 0 atom stereocenters. The molecule has 0 saturated carbocycles. The summed E-state index contributed by atoms with van der Waals surface area (Å²) in [5.41, 5.74) is 3.01. The largest absolute Gasteiger partial charge is 0.304 e. The minimum Gasteiger partial charge on any atom is -0.304 e. The van der Waals surface area contributed by atoms with Crippen molar-refractivity contribution >= 4 is 27.3 Å². The van der Waals surface area contributed by atoms with Crippen molar-refractivity contribution in [2.45, 2.75) is 13.3 Å². The monoisotopic (exact) mass is 285 g/mol. The number of nitrogens with zero attached hydrogens (tertiary/aromatic N) is 2. The summed E-state index contributed by atoms with van der Waals surface area (Å²) in [6, 6.07) is 0. The summed E-state index contributed by atoms with van der Waals surface area (Å²) >= 11 is 4.69. The maximum atomic E-state index is 11.5. The van der Waals surface area contributed by atoms with Gasteiger partial charge >= 0.3 is 0 Å². The SMILES string of the molecule is CCc1nc(-c2cscn2)[nH]c(=O)c1Br. The lowest BCUT2D eigenvalue weighted by Gasteiger charge is -2.02. The van der Waals surface area contributed by atoms with Crippen LogP contribution in [0.4, 0.5) is 0 Å². The van der Waals surface area contributed by atoms with Crippen LogP contribution in [0.3, 0.4) is 0 Å². The minimum absolute atomic E-state index is 0.162. The van der Waals surface area contributed by atoms with Gasteiger partial charge in [0.1, 0.15) is 10.2 Å². The van der Waals surface area contributed by atoms with Crippen molar-refractivity contribution < 1.29 is 0 Å². The molecular formula is C9H8BrN3OS. The summed E-state index contributed by atoms with van der Waals surface area (Å²) in [6.07, 6.45) is 0.710. The van der Waals surface area contributed by atoms with E-state index in [1.807, 2.05) is 12.3 Å². The van der Waals surface area contributed by atoms with Gasteiger partial charge in [-0.2, -0.15) is 0 Å². The molecule has 0 aromatic carbocycles. The molecule has 15 heavy (non-hydrogen) atoms. The van der Waals surface area contributed by atoms with Crippen LogP contribution in [0, 0.1) is 0 Å². The predicted octanol–water partition coefficient (Wildman–Crippen LogP) is 2.22. The maximum Gasteiger partial charge on any atom is 0.265 e. The molecule has 2 rings (SSSR count). The van der Waals surface area contributed by atoms with E-state index in [1.165, 1.54) is 11.3 Å². The van der Waals surface area contributed by atoms with E-state index in [0.29, 0.717) is 22.4 Å². The molecule has 0 unspecified atom stereocenters. The molecule has 0 saturated heterocycles. The third-order valence-electron chi connectivity index (χ3n) is 1.94. The van der Waals surface area contributed by atoms with Gasteiger partial charge in [0, 0.05) is 5.38 Å². The van der Waals surface area contributed by atoms with Gasteiger partial charge in [-0.15, -0.1) is 11.3 Å². The second kappa shape index (κ2) is 4.24. The number of hydrogen-bond acceptors (Lipinski definition) is 4. The van der Waals surface area contributed by atoms with Gasteiger partial charge in [-0.3, -0.25) is 4.79 Å². The average molecular weight is 286 g/mol. The van der Waals surface area contributed by atoms with Crippen molar-refractivity contribution in [3.8, 4) is 11.5 Å². The highest BCUT2D eigenvalue weighted by Crippen LogP contribution is 2.16. The molecule has 0 spiro atoms. The Labute approximate surface area is 98.5 Å². The molecule has 4 nitrogen and oxygen atoms in total. The first-order valence-corrected chi connectivity index (χ1v) is 6.13. The van der Waals surface area contributed by atoms with Crippen LogP contribution in [0.2, 0.25) is 0 Å². The van der Waals surface area contributed by atoms with Crippen molar-refractivity contribution in [2.75, 3.05) is 0 Å². The van der Waals surface area contributed by atoms with Crippen LogP contribution in [-0.4, -0.2) is 15.0 Å². The molecule has 0 aliphatic carbocycles. The second-order valence-corrected chi connectivity index (χ2v) is 4.41. The van der Waals surface area contributed by atoms with Gasteiger partial charge in [-0.1, -0.05) is 6.92 Å². The fourth-order valence-corrected chi connectivity index (χ4v) is 2.20. The van der Waals surface area contributed by atoms with Gasteiger partial charge in [0.15, 0.2) is 5.82 Å². The van der Waals surface area contributed by atoms with E-state index in [4.69, 9.17) is 0 Å². The Balaban J connectivity index is 2.61. The fourth-order valence-electron chi connectivity index (χ4n) is 1.19. The second-order valence-electron chi connectivity index (χ2n) is 2.90. The number of H-pyrrole nitrogens is 1. The highest BCUT2D eigenvalue weighted by Gasteiger charge is 2.09. The number of aryl methyl sites for hydroxylation is 1. The minimum atomic E-state index is -0.162. The number of aromatic amines is 1. The molecule has 78 valence electrons. The lowest BCUT2D eigenvalue weighted by atomic mass is 10.3. The number of halogens is 1. The summed E-state index contributed by atoms with van der Waals surface area (Å²) in [4.78, 5) is 22.7. The first-order chi connectivity index (χ1) is 7.22. The molecule has 1 N–H and O–H groups in total. The Morgan fingerprint density at radius 3 is 3.00 bits per heavy atom. The van der Waals surface area contributed by atoms with Gasteiger partial charge in [-0.05, 0) is 22.4 Å². The number of hydrogen-bond donors (Lipinski definition) is 1. The molecule has 0 radical (unpaired) electrons. The number of aromatic nitrogens is 3. The Kier molecular flexibility index (Phi) is 2.97. The molecule has 0 fully saturated rings. The van der Waals surface area contributed by atoms with Gasteiger partial charge in [0.05, 0.1) is 11.2 Å². The predicted molar refractivity (Wildman–Crippen MR) is 63.0 cm³/mol. The van der Waals surface area contributed by atoms with Crippen LogP contribution in [0.5, 0.6) is 0 Å². The number of thiazole rings is 1. The van der Waals surface area contributed by atoms with E-state index in [0.717, 1.165) is 5.69 Å². The summed E-state index contributed by atoms with van der Waals surface area (Å²) in [7, 11) is 0. The van der Waals surface area contributed by atoms with Crippen LogP contribution in [-0.2, 0) is 6.42 Å². The Morgan fingerprint density at radius 1 is 1.60 bits per heavy atom. The maximum absolute atomic E-state index is 11.5. The highest BCUT2D eigenvalue weighted by atomic mass is 79.9. The van der Waals surface area contributed by atoms with Crippen LogP contribution in [0.1, 0.15) is 12.6 Å². The Hall–Kier alpha value is -1.01. The van der Waals surface area contributed by atoms with Crippen LogP contribution < -0.4 is 5.56 Å². The summed E-state index contributed by atoms with van der Waals surface area (Å²) in [5.74, 6) is 0.529. The fraction of sp³-hybridized carbons (Fsp3) is 0.222. The molecule has 0 aliphatic heterocycles. The van der Waals surface area contributed by atoms with Crippen molar-refractivity contribution in [1.29, 1.82) is 0 Å². The smallest absolute Gasteiger partial charge is 0.265 e. The molecule has 0 amide bonds. The van der Waals surface area contributed by atoms with Gasteiger partial charge < -0.3 is 4.98 Å². The van der Waals surface area contributed by atoms with Gasteiger partial charge in [0.25, 0.3) is 5.56 Å². The molecule has 6 heteroatoms. The van der Waals surface area contributed by atoms with Crippen LogP contribution in [0.25, 0.3) is 11.5 Å². The Morgan fingerprint density at radius 2 is 2.40 bits per heavy atom. The normalized spacial score (nSPS) is 10.5. The van der Waals surface area contributed by atoms with E-state index in [-0.39, 0.29) is 5.56 Å². The Bertz CT molecular complexity index is 521. The first-order valence-electron chi connectivity index (χ1n) is 4.39. The summed E-state index contributed by atoms with van der Waals surface area (Å²) in [6.45, 7) is 1.96. The highest BCUT2D eigenvalue weighted by molar-refractivity contribution is 9.10. The standard InChI is InChI=1S/C9H8BrN3OS/c1-2-5-7(10)9(14)13-8(12-5)6-3-15-4-11-6/h3-4H,2H2,1H3,(H,12,13,14). The van der Waals surface area contributed by atoms with Crippen molar-refractivity contribution in [3.05, 3.63) is 31.4 Å². The van der Waals surface area contributed by atoms with Crippen molar-refractivity contribution in [1.82, 2.24) is 15.0 Å². The van der Waals surface area contributed by atoms with Crippen molar-refractivity contribution in [3.63, 3.8) is 0 Å². The van der Waals surface area contributed by atoms with Crippen LogP contribution >= 0.6 is 27.3 Å². The number of rotatable bonds is 2. The van der Waals surface area contributed by atoms with E-state index in [9.17, 15) is 4.79 Å². The zero-order valence-electron chi connectivity index (χ0n) is 7.95. The molecule has 0 aliphatic rings. The summed E-state index contributed by atoms with van der Waals surface area (Å²) < 4.78 is 0.504. The van der Waals surface area contributed by atoms with Gasteiger partial charge in [0.2, 0.25) is 0 Å². The molecular weight excluding hydrogens is 278 g/mol. The lowest BCUT2D eigenvalue weighted by molar-refractivity contribution is 0.966. The van der Waals surface area contributed by atoms with E-state index in [1.54, 1.807) is 5.51 Å². The topological polar surface area (TPSA) is 58.6 Å². The van der Waals surface area contributed by atoms with Crippen LogP contribution in [0.15, 0.2) is 20.2 Å². The third kappa shape index (κ3) is 2.00. The molecule has 2 aromatic heterocycles. The van der Waals surface area contributed by atoms with E-state index < -0.39 is 0 Å². The lowest BCUT2D eigenvalue weighted by Crippen LogP contribution is -2.13. The van der Waals surface area contributed by atoms with E-state index in [2.05, 4.69) is 30.9 Å². The molecule has 0 bridgehead atoms.